The van der Waals surface area contributed by atoms with Gasteiger partial charge in [-0.2, -0.15) is 13.2 Å². The van der Waals surface area contributed by atoms with E-state index in [-0.39, 0.29) is 23.8 Å². The van der Waals surface area contributed by atoms with Gasteiger partial charge in [-0.05, 0) is 13.0 Å². The van der Waals surface area contributed by atoms with Crippen LogP contribution in [0.1, 0.15) is 18.9 Å². The summed E-state index contributed by atoms with van der Waals surface area (Å²) in [7, 11) is 0. The van der Waals surface area contributed by atoms with E-state index in [0.717, 1.165) is 6.07 Å². The van der Waals surface area contributed by atoms with Crippen molar-refractivity contribution < 1.29 is 23.1 Å². The number of anilines is 1. The summed E-state index contributed by atoms with van der Waals surface area (Å²) in [6.07, 6.45) is -3.97. The van der Waals surface area contributed by atoms with Crippen LogP contribution in [-0.2, 0) is 11.0 Å². The molecule has 1 N–H and O–H groups in total. The zero-order valence-electron chi connectivity index (χ0n) is 10.0. The van der Waals surface area contributed by atoms with E-state index in [2.05, 4.69) is 4.98 Å². The number of hydrogen-bond donors (Lipinski definition) is 1. The van der Waals surface area contributed by atoms with Crippen molar-refractivity contribution in [1.29, 1.82) is 0 Å². The molecule has 0 aromatic carbocycles. The van der Waals surface area contributed by atoms with Crippen molar-refractivity contribution in [3.8, 4) is 0 Å². The number of carboxylic acid groups (broad SMARTS) is 1. The minimum Gasteiger partial charge on any atom is -0.481 e. The summed E-state index contributed by atoms with van der Waals surface area (Å²) in [6.45, 7) is 2.26. The predicted molar refractivity (Wildman–Crippen MR) is 64.4 cm³/mol. The molecule has 106 valence electrons. The van der Waals surface area contributed by atoms with Crippen molar-refractivity contribution >= 4 is 23.4 Å². The molecule has 1 rings (SSSR count). The molecule has 0 aliphatic heterocycles. The Balaban J connectivity index is 2.96. The topological polar surface area (TPSA) is 53.4 Å². The fourth-order valence-corrected chi connectivity index (χ4v) is 1.75. The number of pyridine rings is 1. The zero-order valence-corrected chi connectivity index (χ0v) is 10.8. The molecule has 1 aromatic rings. The SMILES string of the molecule is CCN(CCC(=O)O)c1ncc(C(F)(F)F)cc1Cl. The fraction of sp³-hybridized carbons (Fsp3) is 0.455. The van der Waals surface area contributed by atoms with E-state index in [1.165, 1.54) is 4.90 Å². The highest BCUT2D eigenvalue weighted by molar-refractivity contribution is 6.33. The molecule has 19 heavy (non-hydrogen) atoms. The summed E-state index contributed by atoms with van der Waals surface area (Å²) in [6, 6.07) is 0.785. The average molecular weight is 297 g/mol. The molecule has 0 unspecified atom stereocenters. The first-order valence-electron chi connectivity index (χ1n) is 5.45. The Morgan fingerprint density at radius 2 is 2.16 bits per heavy atom. The van der Waals surface area contributed by atoms with Gasteiger partial charge >= 0.3 is 12.1 Å². The van der Waals surface area contributed by atoms with Crippen LogP contribution in [0.2, 0.25) is 5.02 Å². The number of aliphatic carboxylic acids is 1. The third-order valence-corrected chi connectivity index (χ3v) is 2.70. The summed E-state index contributed by atoms with van der Waals surface area (Å²) < 4.78 is 37.3. The largest absolute Gasteiger partial charge is 0.481 e. The van der Waals surface area contributed by atoms with Crippen LogP contribution in [0.3, 0.4) is 0 Å². The van der Waals surface area contributed by atoms with E-state index in [4.69, 9.17) is 16.7 Å². The Hall–Kier alpha value is -1.50. The molecule has 8 heteroatoms. The smallest absolute Gasteiger partial charge is 0.417 e. The maximum absolute atomic E-state index is 12.4. The first-order chi connectivity index (χ1) is 8.75. The van der Waals surface area contributed by atoms with Crippen LogP contribution < -0.4 is 4.90 Å². The molecule has 0 saturated carbocycles. The molecular weight excluding hydrogens is 285 g/mol. The maximum atomic E-state index is 12.4. The standard InChI is InChI=1S/C11H12ClF3N2O2/c1-2-17(4-3-9(18)19)10-8(12)5-7(6-16-10)11(13,14)15/h5-6H,2-4H2,1H3,(H,18,19). The van der Waals surface area contributed by atoms with Crippen molar-refractivity contribution in [1.82, 2.24) is 4.98 Å². The number of rotatable bonds is 5. The van der Waals surface area contributed by atoms with Gasteiger partial charge in [0, 0.05) is 19.3 Å². The van der Waals surface area contributed by atoms with E-state index in [0.29, 0.717) is 12.7 Å². The number of hydrogen-bond acceptors (Lipinski definition) is 3. The normalized spacial score (nSPS) is 11.4. The number of alkyl halides is 3. The zero-order chi connectivity index (χ0) is 14.6. The Kier molecular flexibility index (Phi) is 4.99. The van der Waals surface area contributed by atoms with Crippen LogP contribution in [0.15, 0.2) is 12.3 Å². The van der Waals surface area contributed by atoms with Gasteiger partial charge in [0.2, 0.25) is 0 Å². The Morgan fingerprint density at radius 3 is 2.58 bits per heavy atom. The number of carbonyl (C=O) groups is 1. The molecular formula is C11H12ClF3N2O2. The number of aromatic nitrogens is 1. The monoisotopic (exact) mass is 296 g/mol. The molecule has 1 aromatic heterocycles. The van der Waals surface area contributed by atoms with Crippen LogP contribution in [0.4, 0.5) is 19.0 Å². The molecule has 0 amide bonds. The van der Waals surface area contributed by atoms with E-state index in [9.17, 15) is 18.0 Å². The van der Waals surface area contributed by atoms with Gasteiger partial charge in [0.25, 0.3) is 0 Å². The van der Waals surface area contributed by atoms with Crippen LogP contribution in [-0.4, -0.2) is 29.1 Å². The van der Waals surface area contributed by atoms with Crippen molar-refractivity contribution in [2.75, 3.05) is 18.0 Å². The van der Waals surface area contributed by atoms with Gasteiger partial charge in [0.1, 0.15) is 5.82 Å². The molecule has 0 saturated heterocycles. The minimum atomic E-state index is -4.51. The molecule has 0 aliphatic carbocycles. The second-order valence-corrected chi connectivity index (χ2v) is 4.16. The van der Waals surface area contributed by atoms with Crippen LogP contribution >= 0.6 is 11.6 Å². The highest BCUT2D eigenvalue weighted by Gasteiger charge is 2.32. The second-order valence-electron chi connectivity index (χ2n) is 3.75. The lowest BCUT2D eigenvalue weighted by atomic mass is 10.2. The third-order valence-electron chi connectivity index (χ3n) is 2.43. The summed E-state index contributed by atoms with van der Waals surface area (Å²) in [5, 5.41) is 8.45. The van der Waals surface area contributed by atoms with Crippen molar-refractivity contribution in [2.45, 2.75) is 19.5 Å². The fourth-order valence-electron chi connectivity index (χ4n) is 1.46. The summed E-state index contributed by atoms with van der Waals surface area (Å²) in [4.78, 5) is 15.7. The van der Waals surface area contributed by atoms with Crippen molar-refractivity contribution in [3.05, 3.63) is 22.8 Å². The first kappa shape index (κ1) is 15.6. The predicted octanol–water partition coefficient (Wildman–Crippen LogP) is 3.05. The number of carboxylic acids is 1. The Morgan fingerprint density at radius 1 is 1.53 bits per heavy atom. The van der Waals surface area contributed by atoms with Gasteiger partial charge < -0.3 is 10.0 Å². The van der Waals surface area contributed by atoms with Gasteiger partial charge in [0.15, 0.2) is 0 Å². The van der Waals surface area contributed by atoms with Crippen LogP contribution in [0.5, 0.6) is 0 Å². The molecule has 1 heterocycles. The Bertz CT molecular complexity index is 466. The average Bonchev–Trinajstić information content (AvgIpc) is 2.29. The molecule has 0 spiro atoms. The minimum absolute atomic E-state index is 0.129. The van der Waals surface area contributed by atoms with E-state index >= 15 is 0 Å². The van der Waals surface area contributed by atoms with Gasteiger partial charge in [-0.15, -0.1) is 0 Å². The van der Waals surface area contributed by atoms with E-state index < -0.39 is 17.7 Å². The van der Waals surface area contributed by atoms with E-state index in [1.54, 1.807) is 6.92 Å². The quantitative estimate of drug-likeness (QED) is 0.907. The highest BCUT2D eigenvalue weighted by atomic mass is 35.5. The molecule has 0 fully saturated rings. The van der Waals surface area contributed by atoms with Gasteiger partial charge in [-0.1, -0.05) is 11.6 Å². The van der Waals surface area contributed by atoms with Crippen LogP contribution in [0, 0.1) is 0 Å². The van der Waals surface area contributed by atoms with Gasteiger partial charge in [0.05, 0.1) is 17.0 Å². The van der Waals surface area contributed by atoms with Crippen molar-refractivity contribution in [2.24, 2.45) is 0 Å². The van der Waals surface area contributed by atoms with Crippen molar-refractivity contribution in [3.63, 3.8) is 0 Å². The number of nitrogens with zero attached hydrogens (tertiary/aromatic N) is 2. The summed E-state index contributed by atoms with van der Waals surface area (Å²) in [5.41, 5.74) is -0.935. The second kappa shape index (κ2) is 6.10. The van der Waals surface area contributed by atoms with Gasteiger partial charge in [-0.25, -0.2) is 4.98 Å². The molecule has 4 nitrogen and oxygen atoms in total. The van der Waals surface area contributed by atoms with Crippen LogP contribution in [0.25, 0.3) is 0 Å². The maximum Gasteiger partial charge on any atom is 0.417 e. The van der Waals surface area contributed by atoms with E-state index in [1.807, 2.05) is 0 Å². The molecule has 0 atom stereocenters. The number of halogens is 4. The lowest BCUT2D eigenvalue weighted by Gasteiger charge is -2.22. The lowest BCUT2D eigenvalue weighted by Crippen LogP contribution is -2.27. The Labute approximate surface area is 112 Å². The molecule has 0 radical (unpaired) electrons. The molecule has 0 aliphatic rings. The first-order valence-corrected chi connectivity index (χ1v) is 5.83. The third kappa shape index (κ3) is 4.27. The van der Waals surface area contributed by atoms with Gasteiger partial charge in [-0.3, -0.25) is 4.79 Å². The lowest BCUT2D eigenvalue weighted by molar-refractivity contribution is -0.138. The summed E-state index contributed by atoms with van der Waals surface area (Å²) >= 11 is 5.77. The molecule has 0 bridgehead atoms. The summed E-state index contributed by atoms with van der Waals surface area (Å²) in [5.74, 6) is -0.847. The highest BCUT2D eigenvalue weighted by Crippen LogP contribution is 2.33.